The third kappa shape index (κ3) is 4.13. The van der Waals surface area contributed by atoms with Crippen LogP contribution in [-0.4, -0.2) is 11.0 Å². The zero-order chi connectivity index (χ0) is 11.1. The van der Waals surface area contributed by atoms with Crippen molar-refractivity contribution >= 4 is 11.6 Å². The minimum absolute atomic E-state index is 0.0640. The monoisotopic (exact) mass is 203 g/mol. The zero-order valence-electron chi connectivity index (χ0n) is 8.47. The lowest BCUT2D eigenvalue weighted by Gasteiger charge is -2.00. The molecule has 0 aliphatic carbocycles. The van der Waals surface area contributed by atoms with E-state index in [1.165, 1.54) is 6.08 Å². The van der Waals surface area contributed by atoms with Crippen molar-refractivity contribution in [3.63, 3.8) is 0 Å². The fraction of sp³-hybridized carbons (Fsp3) is 0.0833. The molecule has 0 fully saturated rings. The van der Waals surface area contributed by atoms with Gasteiger partial charge in [0, 0.05) is 11.8 Å². The predicted octanol–water partition coefficient (Wildman–Crippen LogP) is 2.64. The summed E-state index contributed by atoms with van der Waals surface area (Å²) in [5.41, 5.74) is 0.701. The van der Waals surface area contributed by atoms with Gasteiger partial charge in [-0.05, 0) is 25.1 Å². The Hall–Kier alpha value is -2.03. The number of hydrogen-bond acceptors (Lipinski definition) is 2. The number of anilines is 1. The molecule has 78 valence electrons. The van der Waals surface area contributed by atoms with Crippen LogP contribution in [0.1, 0.15) is 6.92 Å². The molecule has 0 spiro atoms. The standard InChI is InChI=1S/C12H13NO2/c1-2-6-11(14)9-12(15)13-10-7-4-3-5-8-10/h2-9,14H,1H3,(H,13,15)/b6-2?,11-9+. The fourth-order valence-electron chi connectivity index (χ4n) is 1.05. The average molecular weight is 203 g/mol. The summed E-state index contributed by atoms with van der Waals surface area (Å²) in [5.74, 6) is -0.414. The molecule has 0 saturated heterocycles. The highest BCUT2D eigenvalue weighted by Crippen LogP contribution is 2.05. The first-order valence-electron chi connectivity index (χ1n) is 4.62. The number of amides is 1. The highest BCUT2D eigenvalue weighted by molar-refractivity contribution is 5.99. The van der Waals surface area contributed by atoms with E-state index in [1.54, 1.807) is 25.1 Å². The SMILES string of the molecule is CC=C/C(O)=C\C(=O)Nc1ccccc1. The first-order valence-corrected chi connectivity index (χ1v) is 4.62. The van der Waals surface area contributed by atoms with E-state index in [-0.39, 0.29) is 11.7 Å². The Balaban J connectivity index is 2.61. The van der Waals surface area contributed by atoms with Gasteiger partial charge < -0.3 is 10.4 Å². The second-order valence-corrected chi connectivity index (χ2v) is 2.92. The number of nitrogens with one attached hydrogen (secondary N) is 1. The van der Waals surface area contributed by atoms with E-state index in [2.05, 4.69) is 5.32 Å². The summed E-state index contributed by atoms with van der Waals surface area (Å²) in [4.78, 5) is 11.3. The van der Waals surface area contributed by atoms with E-state index in [0.29, 0.717) is 5.69 Å². The summed E-state index contributed by atoms with van der Waals surface area (Å²) in [6.07, 6.45) is 4.24. The second-order valence-electron chi connectivity index (χ2n) is 2.92. The summed E-state index contributed by atoms with van der Waals surface area (Å²) >= 11 is 0. The second kappa shape index (κ2) is 5.65. The molecule has 0 bridgehead atoms. The third-order valence-corrected chi connectivity index (χ3v) is 1.66. The minimum atomic E-state index is -0.350. The summed E-state index contributed by atoms with van der Waals surface area (Å²) < 4.78 is 0. The van der Waals surface area contributed by atoms with E-state index in [0.717, 1.165) is 6.08 Å². The van der Waals surface area contributed by atoms with E-state index in [1.807, 2.05) is 18.2 Å². The van der Waals surface area contributed by atoms with Crippen LogP contribution >= 0.6 is 0 Å². The van der Waals surface area contributed by atoms with Gasteiger partial charge >= 0.3 is 0 Å². The van der Waals surface area contributed by atoms with Crippen molar-refractivity contribution in [3.8, 4) is 0 Å². The first kappa shape index (κ1) is 11.0. The number of carbonyl (C=O) groups is 1. The van der Waals surface area contributed by atoms with E-state index in [4.69, 9.17) is 0 Å². The van der Waals surface area contributed by atoms with E-state index in [9.17, 15) is 9.90 Å². The van der Waals surface area contributed by atoms with Crippen molar-refractivity contribution in [2.45, 2.75) is 6.92 Å². The van der Waals surface area contributed by atoms with E-state index >= 15 is 0 Å². The number of aliphatic hydroxyl groups is 1. The van der Waals surface area contributed by atoms with Crippen molar-refractivity contribution in [2.24, 2.45) is 0 Å². The first-order chi connectivity index (χ1) is 7.22. The summed E-state index contributed by atoms with van der Waals surface area (Å²) in [6.45, 7) is 1.76. The highest BCUT2D eigenvalue weighted by atomic mass is 16.3. The van der Waals surface area contributed by atoms with Crippen LogP contribution in [0.15, 0.2) is 54.3 Å². The molecule has 0 saturated carbocycles. The summed E-state index contributed by atoms with van der Waals surface area (Å²) in [6, 6.07) is 9.07. The predicted molar refractivity (Wildman–Crippen MR) is 60.6 cm³/mol. The Labute approximate surface area is 88.7 Å². The van der Waals surface area contributed by atoms with Crippen molar-refractivity contribution in [1.82, 2.24) is 0 Å². The number of rotatable bonds is 3. The van der Waals surface area contributed by atoms with Crippen LogP contribution in [0.2, 0.25) is 0 Å². The van der Waals surface area contributed by atoms with Gasteiger partial charge in [0.1, 0.15) is 5.76 Å². The van der Waals surface area contributed by atoms with Crippen LogP contribution in [0, 0.1) is 0 Å². The normalized spacial score (nSPS) is 11.7. The van der Waals surface area contributed by atoms with Crippen LogP contribution in [-0.2, 0) is 4.79 Å². The molecule has 0 radical (unpaired) electrons. The maximum atomic E-state index is 11.3. The molecule has 1 aromatic rings. The van der Waals surface area contributed by atoms with Gasteiger partial charge in [0.05, 0.1) is 0 Å². The topological polar surface area (TPSA) is 49.3 Å². The number of aliphatic hydroxyl groups excluding tert-OH is 1. The Morgan fingerprint density at radius 2 is 2.00 bits per heavy atom. The van der Waals surface area contributed by atoms with Crippen LogP contribution in [0.3, 0.4) is 0 Å². The lowest BCUT2D eigenvalue weighted by molar-refractivity contribution is -0.112. The van der Waals surface area contributed by atoms with Gasteiger partial charge in [0.2, 0.25) is 0 Å². The fourth-order valence-corrected chi connectivity index (χ4v) is 1.05. The van der Waals surface area contributed by atoms with Gasteiger partial charge in [-0.3, -0.25) is 4.79 Å². The van der Waals surface area contributed by atoms with Gasteiger partial charge in [-0.15, -0.1) is 0 Å². The maximum absolute atomic E-state index is 11.3. The van der Waals surface area contributed by atoms with Crippen molar-refractivity contribution in [2.75, 3.05) is 5.32 Å². The zero-order valence-corrected chi connectivity index (χ0v) is 8.47. The third-order valence-electron chi connectivity index (χ3n) is 1.66. The molecule has 1 amide bonds. The van der Waals surface area contributed by atoms with Crippen molar-refractivity contribution < 1.29 is 9.90 Å². The van der Waals surface area contributed by atoms with Gasteiger partial charge in [-0.2, -0.15) is 0 Å². The molecule has 0 aliphatic rings. The van der Waals surface area contributed by atoms with Gasteiger partial charge in [-0.1, -0.05) is 24.3 Å². The Morgan fingerprint density at radius 3 is 2.60 bits per heavy atom. The molecule has 2 N–H and O–H groups in total. The average Bonchev–Trinajstić information content (AvgIpc) is 2.19. The van der Waals surface area contributed by atoms with Crippen molar-refractivity contribution in [1.29, 1.82) is 0 Å². The molecular weight excluding hydrogens is 190 g/mol. The van der Waals surface area contributed by atoms with Crippen LogP contribution in [0.5, 0.6) is 0 Å². The summed E-state index contributed by atoms with van der Waals surface area (Å²) in [5, 5.41) is 11.8. The molecule has 3 nitrogen and oxygen atoms in total. The number of allylic oxidation sites excluding steroid dienone is 2. The Kier molecular flexibility index (Phi) is 4.16. The molecule has 0 atom stereocenters. The van der Waals surface area contributed by atoms with Gasteiger partial charge in [0.25, 0.3) is 5.91 Å². The van der Waals surface area contributed by atoms with Crippen LogP contribution in [0.4, 0.5) is 5.69 Å². The molecule has 0 unspecified atom stereocenters. The molecule has 15 heavy (non-hydrogen) atoms. The summed E-state index contributed by atoms with van der Waals surface area (Å²) in [7, 11) is 0. The smallest absolute Gasteiger partial charge is 0.252 e. The molecule has 1 rings (SSSR count). The quantitative estimate of drug-likeness (QED) is 0.450. The lowest BCUT2D eigenvalue weighted by Crippen LogP contribution is -2.08. The number of benzene rings is 1. The number of carbonyl (C=O) groups excluding carboxylic acids is 1. The molecule has 0 heterocycles. The Bertz CT molecular complexity index is 380. The van der Waals surface area contributed by atoms with Crippen LogP contribution in [0.25, 0.3) is 0 Å². The minimum Gasteiger partial charge on any atom is -0.508 e. The maximum Gasteiger partial charge on any atom is 0.252 e. The molecule has 0 aliphatic heterocycles. The largest absolute Gasteiger partial charge is 0.508 e. The number of hydrogen-bond donors (Lipinski definition) is 2. The molecule has 0 aromatic heterocycles. The van der Waals surface area contributed by atoms with Crippen LogP contribution < -0.4 is 5.32 Å². The Morgan fingerprint density at radius 1 is 1.33 bits per heavy atom. The van der Waals surface area contributed by atoms with Gasteiger partial charge in [-0.25, -0.2) is 0 Å². The van der Waals surface area contributed by atoms with Gasteiger partial charge in [0.15, 0.2) is 0 Å². The molecule has 3 heteroatoms. The number of para-hydroxylation sites is 1. The van der Waals surface area contributed by atoms with Crippen molar-refractivity contribution in [3.05, 3.63) is 54.3 Å². The molecular formula is C12H13NO2. The molecule has 1 aromatic carbocycles. The lowest BCUT2D eigenvalue weighted by atomic mass is 10.3. The highest BCUT2D eigenvalue weighted by Gasteiger charge is 1.98. The van der Waals surface area contributed by atoms with E-state index < -0.39 is 0 Å².